The van der Waals surface area contributed by atoms with Gasteiger partial charge in [-0.1, -0.05) is 0 Å². The van der Waals surface area contributed by atoms with Crippen LogP contribution in [0.1, 0.15) is 22.5 Å². The predicted octanol–water partition coefficient (Wildman–Crippen LogP) is 4.61. The number of aromatic nitrogens is 2. The zero-order chi connectivity index (χ0) is 21.8. The summed E-state index contributed by atoms with van der Waals surface area (Å²) in [5, 5.41) is 7.37. The van der Waals surface area contributed by atoms with Crippen LogP contribution in [0.3, 0.4) is 0 Å². The van der Waals surface area contributed by atoms with Crippen molar-refractivity contribution in [1.82, 2.24) is 9.78 Å². The second kappa shape index (κ2) is 8.82. The number of methoxy groups -OCH3 is 2. The summed E-state index contributed by atoms with van der Waals surface area (Å²) in [6.45, 7) is 5.64. The molecule has 0 spiro atoms. The highest BCUT2D eigenvalue weighted by molar-refractivity contribution is 6.02. The van der Waals surface area contributed by atoms with Gasteiger partial charge in [0, 0.05) is 29.1 Å². The molecule has 6 nitrogen and oxygen atoms in total. The highest BCUT2D eigenvalue weighted by Gasteiger charge is 2.13. The van der Waals surface area contributed by atoms with Crippen LogP contribution in [0.2, 0.25) is 0 Å². The first kappa shape index (κ1) is 21.1. The summed E-state index contributed by atoms with van der Waals surface area (Å²) in [4.78, 5) is 12.5. The number of carbonyl (C=O) groups is 1. The SMILES string of the molecule is COc1cc(C)c(NC(=O)C=Cc2c(C)nn(-c3ccc(F)cc3)c2C)cc1OC. The second-order valence-electron chi connectivity index (χ2n) is 6.82. The number of ether oxygens (including phenoxy) is 2. The minimum absolute atomic E-state index is 0.279. The fraction of sp³-hybridized carbons (Fsp3) is 0.217. The van der Waals surface area contributed by atoms with Crippen molar-refractivity contribution < 1.29 is 18.7 Å². The van der Waals surface area contributed by atoms with Crippen molar-refractivity contribution >= 4 is 17.7 Å². The number of benzene rings is 2. The fourth-order valence-corrected chi connectivity index (χ4v) is 3.18. The van der Waals surface area contributed by atoms with Crippen LogP contribution in [-0.2, 0) is 4.79 Å². The monoisotopic (exact) mass is 409 g/mol. The lowest BCUT2D eigenvalue weighted by molar-refractivity contribution is -0.111. The van der Waals surface area contributed by atoms with Gasteiger partial charge in [-0.3, -0.25) is 4.79 Å². The Kier molecular flexibility index (Phi) is 6.20. The molecular weight excluding hydrogens is 385 g/mol. The van der Waals surface area contributed by atoms with E-state index in [9.17, 15) is 9.18 Å². The second-order valence-corrected chi connectivity index (χ2v) is 6.82. The molecule has 3 aromatic rings. The minimum atomic E-state index is -0.303. The van der Waals surface area contributed by atoms with Crippen LogP contribution in [0.15, 0.2) is 42.5 Å². The predicted molar refractivity (Wildman–Crippen MR) is 115 cm³/mol. The molecular formula is C23H24FN3O3. The van der Waals surface area contributed by atoms with Gasteiger partial charge in [0.15, 0.2) is 11.5 Å². The van der Waals surface area contributed by atoms with Gasteiger partial charge in [0.2, 0.25) is 5.91 Å². The van der Waals surface area contributed by atoms with Gasteiger partial charge < -0.3 is 14.8 Å². The molecule has 0 aliphatic rings. The Bertz CT molecular complexity index is 1100. The van der Waals surface area contributed by atoms with E-state index in [1.54, 1.807) is 49.2 Å². The number of nitrogens with zero attached hydrogens (tertiary/aromatic N) is 2. The van der Waals surface area contributed by atoms with Gasteiger partial charge in [-0.05, 0) is 62.7 Å². The number of anilines is 1. The third-order valence-corrected chi connectivity index (χ3v) is 4.81. The van der Waals surface area contributed by atoms with Crippen molar-refractivity contribution in [2.45, 2.75) is 20.8 Å². The van der Waals surface area contributed by atoms with Crippen molar-refractivity contribution in [3.63, 3.8) is 0 Å². The first-order chi connectivity index (χ1) is 14.3. The summed E-state index contributed by atoms with van der Waals surface area (Å²) in [6, 6.07) is 9.63. The molecule has 1 N–H and O–H groups in total. The molecule has 0 aliphatic heterocycles. The zero-order valence-electron chi connectivity index (χ0n) is 17.6. The molecule has 1 heterocycles. The molecule has 0 bridgehead atoms. The largest absolute Gasteiger partial charge is 0.493 e. The Hall–Kier alpha value is -3.61. The Morgan fingerprint density at radius 2 is 1.70 bits per heavy atom. The molecule has 7 heteroatoms. The third kappa shape index (κ3) is 4.35. The molecule has 30 heavy (non-hydrogen) atoms. The van der Waals surface area contributed by atoms with E-state index in [1.807, 2.05) is 20.8 Å². The van der Waals surface area contributed by atoms with E-state index < -0.39 is 0 Å². The topological polar surface area (TPSA) is 65.4 Å². The van der Waals surface area contributed by atoms with Crippen LogP contribution in [0, 0.1) is 26.6 Å². The number of carbonyl (C=O) groups excluding carboxylic acids is 1. The van der Waals surface area contributed by atoms with Gasteiger partial charge in [-0.25, -0.2) is 9.07 Å². The molecule has 0 unspecified atom stereocenters. The maximum Gasteiger partial charge on any atom is 0.248 e. The first-order valence-electron chi connectivity index (χ1n) is 9.38. The van der Waals surface area contributed by atoms with Gasteiger partial charge in [0.1, 0.15) is 5.82 Å². The van der Waals surface area contributed by atoms with Crippen molar-refractivity contribution in [1.29, 1.82) is 0 Å². The maximum absolute atomic E-state index is 13.2. The van der Waals surface area contributed by atoms with Crippen molar-refractivity contribution in [2.24, 2.45) is 0 Å². The molecule has 2 aromatic carbocycles. The van der Waals surface area contributed by atoms with E-state index in [1.165, 1.54) is 18.2 Å². The molecule has 0 saturated carbocycles. The summed E-state index contributed by atoms with van der Waals surface area (Å²) in [6.07, 6.45) is 3.19. The van der Waals surface area contributed by atoms with E-state index >= 15 is 0 Å². The number of amides is 1. The van der Waals surface area contributed by atoms with Gasteiger partial charge in [0.25, 0.3) is 0 Å². The number of hydrogen-bond acceptors (Lipinski definition) is 4. The third-order valence-electron chi connectivity index (χ3n) is 4.81. The van der Waals surface area contributed by atoms with Crippen LogP contribution in [0.4, 0.5) is 10.1 Å². The highest BCUT2D eigenvalue weighted by Crippen LogP contribution is 2.33. The van der Waals surface area contributed by atoms with E-state index in [2.05, 4.69) is 10.4 Å². The lowest BCUT2D eigenvalue weighted by Gasteiger charge is -2.12. The van der Waals surface area contributed by atoms with Gasteiger partial charge in [-0.15, -0.1) is 0 Å². The van der Waals surface area contributed by atoms with E-state index in [-0.39, 0.29) is 11.7 Å². The summed E-state index contributed by atoms with van der Waals surface area (Å²) < 4.78 is 25.5. The smallest absolute Gasteiger partial charge is 0.248 e. The van der Waals surface area contributed by atoms with Crippen LogP contribution in [0.25, 0.3) is 11.8 Å². The summed E-state index contributed by atoms with van der Waals surface area (Å²) in [5.74, 6) is 0.554. The molecule has 0 radical (unpaired) electrons. The lowest BCUT2D eigenvalue weighted by Crippen LogP contribution is -2.09. The van der Waals surface area contributed by atoms with E-state index in [0.717, 1.165) is 28.2 Å². The molecule has 0 aliphatic carbocycles. The quantitative estimate of drug-likeness (QED) is 0.604. The Labute approximate surface area is 174 Å². The number of nitrogens with one attached hydrogen (secondary N) is 1. The summed E-state index contributed by atoms with van der Waals surface area (Å²) in [5.41, 5.74) is 4.69. The number of rotatable bonds is 6. The van der Waals surface area contributed by atoms with E-state index in [4.69, 9.17) is 9.47 Å². The first-order valence-corrected chi connectivity index (χ1v) is 9.38. The average Bonchev–Trinajstić information content (AvgIpc) is 3.01. The van der Waals surface area contributed by atoms with Crippen LogP contribution < -0.4 is 14.8 Å². The van der Waals surface area contributed by atoms with Crippen LogP contribution in [-0.4, -0.2) is 29.9 Å². The van der Waals surface area contributed by atoms with Crippen molar-refractivity contribution in [3.05, 3.63) is 70.8 Å². The van der Waals surface area contributed by atoms with Gasteiger partial charge >= 0.3 is 0 Å². The average molecular weight is 409 g/mol. The van der Waals surface area contributed by atoms with Crippen LogP contribution in [0.5, 0.6) is 11.5 Å². The standard InChI is InChI=1S/C23H24FN3O3/c1-14-12-21(29-4)22(30-5)13-20(14)25-23(28)11-10-19-15(2)26-27(16(19)3)18-8-6-17(24)7-9-18/h6-13H,1-5H3,(H,25,28). The molecule has 1 aromatic heterocycles. The van der Waals surface area contributed by atoms with Gasteiger partial charge in [-0.2, -0.15) is 5.10 Å². The summed E-state index contributed by atoms with van der Waals surface area (Å²) in [7, 11) is 3.11. The molecule has 1 amide bonds. The molecule has 0 fully saturated rings. The fourth-order valence-electron chi connectivity index (χ4n) is 3.18. The molecule has 3 rings (SSSR count). The zero-order valence-corrected chi connectivity index (χ0v) is 17.6. The Morgan fingerprint density at radius 1 is 1.07 bits per heavy atom. The van der Waals surface area contributed by atoms with Gasteiger partial charge in [0.05, 0.1) is 25.6 Å². The highest BCUT2D eigenvalue weighted by atomic mass is 19.1. The Balaban J connectivity index is 1.81. The van der Waals surface area contributed by atoms with E-state index in [0.29, 0.717) is 17.2 Å². The number of halogens is 1. The molecule has 0 saturated heterocycles. The Morgan fingerprint density at radius 3 is 2.33 bits per heavy atom. The molecule has 156 valence electrons. The minimum Gasteiger partial charge on any atom is -0.493 e. The number of aryl methyl sites for hydroxylation is 2. The van der Waals surface area contributed by atoms with Crippen molar-refractivity contribution in [2.75, 3.05) is 19.5 Å². The lowest BCUT2D eigenvalue weighted by atomic mass is 10.1. The van der Waals surface area contributed by atoms with Crippen LogP contribution >= 0.6 is 0 Å². The molecule has 0 atom stereocenters. The normalized spacial score (nSPS) is 11.0. The summed E-state index contributed by atoms with van der Waals surface area (Å²) >= 11 is 0. The number of hydrogen-bond donors (Lipinski definition) is 1. The maximum atomic E-state index is 13.2. The van der Waals surface area contributed by atoms with Crippen molar-refractivity contribution in [3.8, 4) is 17.2 Å².